The molecule has 22 heavy (non-hydrogen) atoms. The summed E-state index contributed by atoms with van der Waals surface area (Å²) in [4.78, 5) is 12.2. The number of aryl methyl sites for hydroxylation is 2. The van der Waals surface area contributed by atoms with Crippen LogP contribution in [0, 0.1) is 13.8 Å². The molecule has 1 atom stereocenters. The lowest BCUT2D eigenvalue weighted by molar-refractivity contribution is 0.0929. The number of nitrogens with one attached hydrogen (secondary N) is 1. The highest BCUT2D eigenvalue weighted by molar-refractivity contribution is 5.94. The van der Waals surface area contributed by atoms with E-state index in [-0.39, 0.29) is 18.6 Å². The van der Waals surface area contributed by atoms with E-state index in [2.05, 4.69) is 10.4 Å². The van der Waals surface area contributed by atoms with Gasteiger partial charge in [-0.15, -0.1) is 0 Å². The molecule has 118 valence electrons. The zero-order chi connectivity index (χ0) is 16.1. The predicted octanol–water partition coefficient (Wildman–Crippen LogP) is 2.38. The lowest BCUT2D eigenvalue weighted by Crippen LogP contribution is -2.35. The van der Waals surface area contributed by atoms with Crippen LogP contribution in [0.4, 0.5) is 0 Å². The average Bonchev–Trinajstić information content (AvgIpc) is 2.85. The zero-order valence-corrected chi connectivity index (χ0v) is 13.3. The number of benzene rings is 1. The largest absolute Gasteiger partial charge is 0.396 e. The van der Waals surface area contributed by atoms with Crippen LogP contribution in [0.3, 0.4) is 0 Å². The van der Waals surface area contributed by atoms with Crippen LogP contribution in [0.15, 0.2) is 30.3 Å². The Hall–Kier alpha value is -2.14. The van der Waals surface area contributed by atoms with Crippen molar-refractivity contribution in [1.29, 1.82) is 0 Å². The molecule has 0 aliphatic heterocycles. The second-order valence-electron chi connectivity index (χ2n) is 5.48. The van der Waals surface area contributed by atoms with Gasteiger partial charge in [0.15, 0.2) is 0 Å². The maximum Gasteiger partial charge on any atom is 0.251 e. The Balaban J connectivity index is 2.11. The number of hydrogen-bond acceptors (Lipinski definition) is 3. The zero-order valence-electron chi connectivity index (χ0n) is 13.3. The summed E-state index contributed by atoms with van der Waals surface area (Å²) in [5.74, 6) is -0.111. The standard InChI is InChI=1S/C17H23N3O2/c1-4-15(9-10-21)18-17(22)14-5-7-16(8-6-14)20-13(3)11-12(2)19-20/h5-8,11,15,21H,4,9-10H2,1-3H3,(H,18,22). The topological polar surface area (TPSA) is 67.2 Å². The predicted molar refractivity (Wildman–Crippen MR) is 86.3 cm³/mol. The van der Waals surface area contributed by atoms with Crippen molar-refractivity contribution in [2.45, 2.75) is 39.7 Å². The Bertz CT molecular complexity index is 632. The van der Waals surface area contributed by atoms with Gasteiger partial charge in [-0.05, 0) is 57.0 Å². The molecule has 1 aromatic heterocycles. The highest BCUT2D eigenvalue weighted by atomic mass is 16.3. The Morgan fingerprint density at radius 3 is 2.50 bits per heavy atom. The maximum absolute atomic E-state index is 12.2. The summed E-state index contributed by atoms with van der Waals surface area (Å²) in [5, 5.41) is 16.3. The maximum atomic E-state index is 12.2. The molecule has 2 N–H and O–H groups in total. The van der Waals surface area contributed by atoms with E-state index < -0.39 is 0 Å². The van der Waals surface area contributed by atoms with E-state index in [0.29, 0.717) is 12.0 Å². The van der Waals surface area contributed by atoms with Gasteiger partial charge in [-0.2, -0.15) is 5.10 Å². The van der Waals surface area contributed by atoms with Crippen LogP contribution >= 0.6 is 0 Å². The number of aromatic nitrogens is 2. The van der Waals surface area contributed by atoms with Gasteiger partial charge in [-0.25, -0.2) is 4.68 Å². The molecular weight excluding hydrogens is 278 g/mol. The van der Waals surface area contributed by atoms with Gasteiger partial charge in [0.1, 0.15) is 0 Å². The molecule has 0 saturated carbocycles. The van der Waals surface area contributed by atoms with Gasteiger partial charge in [0.05, 0.1) is 11.4 Å². The first kappa shape index (κ1) is 16.2. The van der Waals surface area contributed by atoms with E-state index in [1.54, 1.807) is 12.1 Å². The lowest BCUT2D eigenvalue weighted by atomic mass is 10.1. The van der Waals surface area contributed by atoms with Gasteiger partial charge in [0.2, 0.25) is 0 Å². The van der Waals surface area contributed by atoms with Crippen molar-refractivity contribution < 1.29 is 9.90 Å². The van der Waals surface area contributed by atoms with Gasteiger partial charge >= 0.3 is 0 Å². The van der Waals surface area contributed by atoms with E-state index in [9.17, 15) is 4.79 Å². The number of rotatable bonds is 6. The van der Waals surface area contributed by atoms with E-state index in [4.69, 9.17) is 5.11 Å². The first-order valence-electron chi connectivity index (χ1n) is 7.60. The first-order valence-corrected chi connectivity index (χ1v) is 7.60. The van der Waals surface area contributed by atoms with Crippen LogP contribution < -0.4 is 5.32 Å². The van der Waals surface area contributed by atoms with Crippen molar-refractivity contribution in [2.75, 3.05) is 6.61 Å². The number of aliphatic hydroxyl groups excluding tert-OH is 1. The van der Waals surface area contributed by atoms with Gasteiger partial charge in [-0.3, -0.25) is 4.79 Å². The van der Waals surface area contributed by atoms with Crippen LogP contribution in [-0.2, 0) is 0 Å². The summed E-state index contributed by atoms with van der Waals surface area (Å²) in [6.45, 7) is 6.03. The van der Waals surface area contributed by atoms with Gasteiger partial charge in [0.25, 0.3) is 5.91 Å². The third-order valence-electron chi connectivity index (χ3n) is 3.69. The molecule has 2 rings (SSSR count). The van der Waals surface area contributed by atoms with Crippen LogP contribution in [0.2, 0.25) is 0 Å². The molecule has 1 aromatic carbocycles. The van der Waals surface area contributed by atoms with Gasteiger partial charge in [-0.1, -0.05) is 6.92 Å². The molecule has 0 radical (unpaired) electrons. The summed E-state index contributed by atoms with van der Waals surface area (Å²) >= 11 is 0. The minimum Gasteiger partial charge on any atom is -0.396 e. The normalized spacial score (nSPS) is 12.2. The van der Waals surface area contributed by atoms with Crippen molar-refractivity contribution in [3.05, 3.63) is 47.3 Å². The van der Waals surface area contributed by atoms with Gasteiger partial charge in [0, 0.05) is 23.9 Å². The molecule has 0 aliphatic rings. The van der Waals surface area contributed by atoms with E-state index in [1.807, 2.05) is 43.7 Å². The monoisotopic (exact) mass is 301 g/mol. The fourth-order valence-electron chi connectivity index (χ4n) is 2.45. The Kier molecular flexibility index (Phi) is 5.33. The number of amides is 1. The fraction of sp³-hybridized carbons (Fsp3) is 0.412. The molecule has 0 spiro atoms. The van der Waals surface area contributed by atoms with E-state index >= 15 is 0 Å². The molecule has 5 heteroatoms. The number of nitrogens with zero attached hydrogens (tertiary/aromatic N) is 2. The molecule has 5 nitrogen and oxygen atoms in total. The average molecular weight is 301 g/mol. The lowest BCUT2D eigenvalue weighted by Gasteiger charge is -2.15. The van der Waals surface area contributed by atoms with Crippen LogP contribution in [0.1, 0.15) is 41.5 Å². The molecule has 0 fully saturated rings. The summed E-state index contributed by atoms with van der Waals surface area (Å²) < 4.78 is 1.86. The third-order valence-corrected chi connectivity index (χ3v) is 3.69. The van der Waals surface area contributed by atoms with Crippen LogP contribution in [-0.4, -0.2) is 33.4 Å². The Morgan fingerprint density at radius 2 is 2.00 bits per heavy atom. The fourth-order valence-corrected chi connectivity index (χ4v) is 2.45. The molecule has 0 bridgehead atoms. The Labute approximate surface area is 131 Å². The van der Waals surface area contributed by atoms with Crippen molar-refractivity contribution in [2.24, 2.45) is 0 Å². The van der Waals surface area contributed by atoms with E-state index in [1.165, 1.54) is 0 Å². The van der Waals surface area contributed by atoms with Gasteiger partial charge < -0.3 is 10.4 Å². The summed E-state index contributed by atoms with van der Waals surface area (Å²) in [6, 6.07) is 9.40. The highest BCUT2D eigenvalue weighted by Gasteiger charge is 2.12. The minimum atomic E-state index is -0.111. The smallest absolute Gasteiger partial charge is 0.251 e. The van der Waals surface area contributed by atoms with Crippen molar-refractivity contribution in [3.8, 4) is 5.69 Å². The molecule has 0 saturated heterocycles. The van der Waals surface area contributed by atoms with Crippen LogP contribution in [0.5, 0.6) is 0 Å². The number of carbonyl (C=O) groups excluding carboxylic acids is 1. The molecule has 1 amide bonds. The van der Waals surface area contributed by atoms with Crippen molar-refractivity contribution in [1.82, 2.24) is 15.1 Å². The minimum absolute atomic E-state index is 0.00758. The molecule has 0 aliphatic carbocycles. The van der Waals surface area contributed by atoms with E-state index in [0.717, 1.165) is 23.5 Å². The SMILES string of the molecule is CCC(CCO)NC(=O)c1ccc(-n2nc(C)cc2C)cc1. The number of aliphatic hydroxyl groups is 1. The molecule has 1 unspecified atom stereocenters. The van der Waals surface area contributed by atoms with Crippen LogP contribution in [0.25, 0.3) is 5.69 Å². The first-order chi connectivity index (χ1) is 10.5. The van der Waals surface area contributed by atoms with Crippen molar-refractivity contribution >= 4 is 5.91 Å². The summed E-state index contributed by atoms with van der Waals surface area (Å²) in [6.07, 6.45) is 1.38. The molecule has 1 heterocycles. The summed E-state index contributed by atoms with van der Waals surface area (Å²) in [5.41, 5.74) is 3.57. The second kappa shape index (κ2) is 7.22. The summed E-state index contributed by atoms with van der Waals surface area (Å²) in [7, 11) is 0. The molecule has 2 aromatic rings. The highest BCUT2D eigenvalue weighted by Crippen LogP contribution is 2.13. The Morgan fingerprint density at radius 1 is 1.32 bits per heavy atom. The number of hydrogen-bond donors (Lipinski definition) is 2. The molecular formula is C17H23N3O2. The third kappa shape index (κ3) is 3.74. The van der Waals surface area contributed by atoms with Crippen molar-refractivity contribution in [3.63, 3.8) is 0 Å². The second-order valence-corrected chi connectivity index (χ2v) is 5.48. The quantitative estimate of drug-likeness (QED) is 0.861. The number of carbonyl (C=O) groups is 1.